The molecule has 2 aliphatic heterocycles. The van der Waals surface area contributed by atoms with E-state index < -0.39 is 29.0 Å². The van der Waals surface area contributed by atoms with Gasteiger partial charge in [-0.1, -0.05) is 15.9 Å². The fourth-order valence-electron chi connectivity index (χ4n) is 3.21. The second kappa shape index (κ2) is 6.18. The predicted octanol–water partition coefficient (Wildman–Crippen LogP) is 4.43. The number of Topliss-reactive ketones (excluding diaryl/α,β-unsaturated/α-hetero) is 1. The number of alkyl halides is 2. The van der Waals surface area contributed by atoms with Gasteiger partial charge >= 0.3 is 12.0 Å². The molecule has 1 aromatic rings. The molecule has 0 aromatic heterocycles. The van der Waals surface area contributed by atoms with E-state index in [0.717, 1.165) is 0 Å². The van der Waals surface area contributed by atoms with Crippen molar-refractivity contribution < 1.29 is 27.8 Å². The Bertz CT molecular complexity index is 752. The summed E-state index contributed by atoms with van der Waals surface area (Å²) in [5.74, 6) is -4.76. The highest BCUT2D eigenvalue weighted by Crippen LogP contribution is 2.48. The summed E-state index contributed by atoms with van der Waals surface area (Å²) in [5.41, 5.74) is -2.74. The topological polar surface area (TPSA) is 55.8 Å². The summed E-state index contributed by atoms with van der Waals surface area (Å²) in [5, 5.41) is 0. The van der Waals surface area contributed by atoms with Gasteiger partial charge in [0, 0.05) is 30.4 Å². The second-order valence-corrected chi connectivity index (χ2v) is 8.52. The van der Waals surface area contributed by atoms with E-state index in [1.807, 2.05) is 0 Å². The lowest BCUT2D eigenvalue weighted by Gasteiger charge is -2.47. The van der Waals surface area contributed by atoms with Gasteiger partial charge in [0.1, 0.15) is 11.4 Å². The van der Waals surface area contributed by atoms with Crippen molar-refractivity contribution >= 4 is 27.8 Å². The lowest BCUT2D eigenvalue weighted by Crippen LogP contribution is -2.64. The predicted molar refractivity (Wildman–Crippen MR) is 93.8 cm³/mol. The molecule has 0 atom stereocenters. The van der Waals surface area contributed by atoms with E-state index in [2.05, 4.69) is 15.9 Å². The van der Waals surface area contributed by atoms with Crippen LogP contribution in [0.5, 0.6) is 5.75 Å². The number of carbonyl (C=O) groups is 2. The Labute approximate surface area is 158 Å². The van der Waals surface area contributed by atoms with Crippen molar-refractivity contribution in [2.45, 2.75) is 50.7 Å². The second-order valence-electron chi connectivity index (χ2n) is 7.61. The molecule has 2 heterocycles. The van der Waals surface area contributed by atoms with E-state index in [1.165, 1.54) is 17.0 Å². The summed E-state index contributed by atoms with van der Waals surface area (Å²) < 4.78 is 41.3. The number of amides is 1. The number of nitrogens with zero attached hydrogens (tertiary/aromatic N) is 1. The highest BCUT2D eigenvalue weighted by molar-refractivity contribution is 9.10. The first-order valence-corrected chi connectivity index (χ1v) is 9.14. The minimum absolute atomic E-state index is 0.0314. The number of carbonyl (C=O) groups excluding carboxylic acids is 2. The molecule has 0 aliphatic carbocycles. The lowest BCUT2D eigenvalue weighted by atomic mass is 9.79. The third kappa shape index (κ3) is 3.19. The van der Waals surface area contributed by atoms with Crippen LogP contribution in [0.15, 0.2) is 22.7 Å². The van der Waals surface area contributed by atoms with E-state index in [4.69, 9.17) is 9.47 Å². The Kier molecular flexibility index (Phi) is 4.53. The molecule has 0 unspecified atom stereocenters. The normalized spacial score (nSPS) is 21.2. The third-order valence-corrected chi connectivity index (χ3v) is 5.07. The van der Waals surface area contributed by atoms with Crippen LogP contribution in [0.4, 0.5) is 13.6 Å². The molecule has 0 N–H and O–H groups in total. The molecular formula is C18H20BrF2NO4. The molecule has 1 aromatic carbocycles. The van der Waals surface area contributed by atoms with Crippen LogP contribution in [0.3, 0.4) is 0 Å². The number of halogens is 3. The van der Waals surface area contributed by atoms with Gasteiger partial charge in [0.15, 0.2) is 5.60 Å². The summed E-state index contributed by atoms with van der Waals surface area (Å²) in [4.78, 5) is 25.9. The Balaban J connectivity index is 1.82. The number of piperidine rings is 1. The van der Waals surface area contributed by atoms with E-state index in [9.17, 15) is 18.4 Å². The largest absolute Gasteiger partial charge is 0.480 e. The van der Waals surface area contributed by atoms with E-state index in [0.29, 0.717) is 4.47 Å². The summed E-state index contributed by atoms with van der Waals surface area (Å²) in [6.07, 6.45) is -0.858. The molecule has 1 saturated heterocycles. The fourth-order valence-corrected chi connectivity index (χ4v) is 3.57. The van der Waals surface area contributed by atoms with Crippen LogP contribution in [0.1, 0.15) is 44.0 Å². The van der Waals surface area contributed by atoms with Crippen molar-refractivity contribution in [1.82, 2.24) is 4.90 Å². The molecule has 1 spiro atoms. The average molecular weight is 432 g/mol. The minimum atomic E-state index is -3.67. The number of ketones is 1. The maximum Gasteiger partial charge on any atom is 0.410 e. The van der Waals surface area contributed by atoms with Crippen molar-refractivity contribution in [1.29, 1.82) is 0 Å². The van der Waals surface area contributed by atoms with Crippen LogP contribution in [0, 0.1) is 0 Å². The first-order chi connectivity index (χ1) is 12.0. The average Bonchev–Trinajstić information content (AvgIpc) is 2.53. The van der Waals surface area contributed by atoms with E-state index in [-0.39, 0.29) is 37.2 Å². The molecule has 0 saturated carbocycles. The minimum Gasteiger partial charge on any atom is -0.480 e. The van der Waals surface area contributed by atoms with E-state index in [1.54, 1.807) is 26.8 Å². The maximum absolute atomic E-state index is 14.9. The SMILES string of the molecule is CC(C)(C)OC(=O)N1CCC2(CC1)Oc1ccc(Br)cc1C(=O)C2(F)F. The number of fused-ring (bicyclic) bond motifs is 1. The third-order valence-electron chi connectivity index (χ3n) is 4.57. The Hall–Kier alpha value is -1.70. The van der Waals surface area contributed by atoms with Crippen molar-refractivity contribution in [2.24, 2.45) is 0 Å². The number of hydrogen-bond donors (Lipinski definition) is 0. The lowest BCUT2D eigenvalue weighted by molar-refractivity contribution is -0.162. The highest BCUT2D eigenvalue weighted by atomic mass is 79.9. The van der Waals surface area contributed by atoms with Gasteiger partial charge in [0.2, 0.25) is 5.78 Å². The summed E-state index contributed by atoms with van der Waals surface area (Å²) in [6, 6.07) is 4.49. The summed E-state index contributed by atoms with van der Waals surface area (Å²) >= 11 is 3.18. The molecule has 1 fully saturated rings. The maximum atomic E-state index is 14.9. The molecule has 142 valence electrons. The molecule has 1 amide bonds. The number of benzene rings is 1. The molecule has 0 bridgehead atoms. The molecule has 26 heavy (non-hydrogen) atoms. The first kappa shape index (κ1) is 19.1. The van der Waals surface area contributed by atoms with E-state index >= 15 is 0 Å². The van der Waals surface area contributed by atoms with Gasteiger partial charge in [0.05, 0.1) is 5.56 Å². The van der Waals surface area contributed by atoms with Crippen LogP contribution in [-0.2, 0) is 4.74 Å². The zero-order valence-electron chi connectivity index (χ0n) is 14.8. The fraction of sp³-hybridized carbons (Fsp3) is 0.556. The van der Waals surface area contributed by atoms with Gasteiger partial charge in [0.25, 0.3) is 0 Å². The van der Waals surface area contributed by atoms with Crippen LogP contribution < -0.4 is 4.74 Å². The van der Waals surface area contributed by atoms with Gasteiger partial charge in [-0.15, -0.1) is 0 Å². The van der Waals surface area contributed by atoms with Crippen LogP contribution in [-0.4, -0.2) is 47.0 Å². The standard InChI is InChI=1S/C18H20BrF2NO4/c1-16(2,3)26-15(24)22-8-6-17(7-9-22)18(20,21)14(23)12-10-11(19)4-5-13(12)25-17/h4-5,10H,6-9H2,1-3H3. The zero-order valence-corrected chi connectivity index (χ0v) is 16.4. The van der Waals surface area contributed by atoms with Crippen molar-refractivity contribution in [3.05, 3.63) is 28.2 Å². The number of rotatable bonds is 0. The summed E-state index contributed by atoms with van der Waals surface area (Å²) in [7, 11) is 0. The molecule has 3 rings (SSSR count). The molecule has 8 heteroatoms. The molecule has 0 radical (unpaired) electrons. The van der Waals surface area contributed by atoms with Gasteiger partial charge in [-0.3, -0.25) is 4.79 Å². The van der Waals surface area contributed by atoms with Crippen LogP contribution in [0.25, 0.3) is 0 Å². The Morgan fingerprint density at radius 2 is 1.88 bits per heavy atom. The number of likely N-dealkylation sites (tertiary alicyclic amines) is 1. The van der Waals surface area contributed by atoms with Gasteiger partial charge in [-0.25, -0.2) is 4.79 Å². The van der Waals surface area contributed by atoms with Gasteiger partial charge < -0.3 is 14.4 Å². The van der Waals surface area contributed by atoms with Gasteiger partial charge in [-0.05, 0) is 39.0 Å². The van der Waals surface area contributed by atoms with Crippen LogP contribution in [0.2, 0.25) is 0 Å². The molecular weight excluding hydrogens is 412 g/mol. The molecule has 5 nitrogen and oxygen atoms in total. The first-order valence-electron chi connectivity index (χ1n) is 8.34. The molecule has 2 aliphatic rings. The number of ether oxygens (including phenoxy) is 2. The summed E-state index contributed by atoms with van der Waals surface area (Å²) in [6.45, 7) is 5.28. The van der Waals surface area contributed by atoms with Gasteiger partial charge in [-0.2, -0.15) is 8.78 Å². The van der Waals surface area contributed by atoms with Crippen molar-refractivity contribution in [3.8, 4) is 5.75 Å². The van der Waals surface area contributed by atoms with Crippen molar-refractivity contribution in [2.75, 3.05) is 13.1 Å². The Morgan fingerprint density at radius 1 is 1.27 bits per heavy atom. The smallest absolute Gasteiger partial charge is 0.410 e. The van der Waals surface area contributed by atoms with Crippen LogP contribution >= 0.6 is 15.9 Å². The zero-order chi connectivity index (χ0) is 19.3. The number of hydrogen-bond acceptors (Lipinski definition) is 4. The quantitative estimate of drug-likeness (QED) is 0.609. The monoisotopic (exact) mass is 431 g/mol. The van der Waals surface area contributed by atoms with Crippen molar-refractivity contribution in [3.63, 3.8) is 0 Å². The highest BCUT2D eigenvalue weighted by Gasteiger charge is 2.65. The Morgan fingerprint density at radius 3 is 2.46 bits per heavy atom.